The van der Waals surface area contributed by atoms with Crippen LogP contribution < -0.4 is 14.8 Å². The number of furan rings is 1. The Kier molecular flexibility index (Phi) is 6.73. The molecule has 5 nitrogen and oxygen atoms in total. The maximum atomic E-state index is 12.8. The van der Waals surface area contributed by atoms with E-state index in [2.05, 4.69) is 5.32 Å². The number of rotatable bonds is 7. The number of hydrogen-bond acceptors (Lipinski definition) is 4. The average molecular weight is 456 g/mol. The van der Waals surface area contributed by atoms with Gasteiger partial charge in [-0.25, -0.2) is 0 Å². The van der Waals surface area contributed by atoms with E-state index >= 15 is 0 Å². The van der Waals surface area contributed by atoms with E-state index in [1.807, 2.05) is 82.3 Å². The van der Waals surface area contributed by atoms with Crippen molar-refractivity contribution in [2.75, 3.05) is 19.0 Å². The molecule has 0 fully saturated rings. The van der Waals surface area contributed by atoms with Crippen molar-refractivity contribution in [3.8, 4) is 22.6 Å². The van der Waals surface area contributed by atoms with Gasteiger partial charge in [0.2, 0.25) is 5.91 Å². The third-order valence-corrected chi connectivity index (χ3v) is 5.80. The van der Waals surface area contributed by atoms with Crippen molar-refractivity contribution in [2.24, 2.45) is 0 Å². The molecule has 0 aliphatic heterocycles. The van der Waals surface area contributed by atoms with Gasteiger partial charge in [0.1, 0.15) is 17.1 Å². The summed E-state index contributed by atoms with van der Waals surface area (Å²) in [5, 5.41) is 3.93. The molecule has 0 radical (unpaired) electrons. The number of benzene rings is 3. The van der Waals surface area contributed by atoms with Crippen LogP contribution in [0.5, 0.6) is 11.5 Å². The molecule has 0 aliphatic rings. The van der Waals surface area contributed by atoms with Gasteiger partial charge in [-0.3, -0.25) is 4.79 Å². The largest absolute Gasteiger partial charge is 0.496 e. The zero-order chi connectivity index (χ0) is 24.2. The average Bonchev–Trinajstić information content (AvgIpc) is 3.24. The number of anilines is 1. The van der Waals surface area contributed by atoms with Gasteiger partial charge in [-0.2, -0.15) is 0 Å². The first kappa shape index (κ1) is 23.2. The van der Waals surface area contributed by atoms with Crippen molar-refractivity contribution >= 4 is 28.1 Å². The lowest BCUT2D eigenvalue weighted by atomic mass is 9.99. The van der Waals surface area contributed by atoms with E-state index in [4.69, 9.17) is 13.9 Å². The van der Waals surface area contributed by atoms with Crippen LogP contribution in [0.25, 0.3) is 27.7 Å². The van der Waals surface area contributed by atoms with E-state index in [9.17, 15) is 4.79 Å². The first-order chi connectivity index (χ1) is 16.4. The van der Waals surface area contributed by atoms with Crippen LogP contribution in [0.1, 0.15) is 30.5 Å². The van der Waals surface area contributed by atoms with E-state index in [-0.39, 0.29) is 5.91 Å². The maximum Gasteiger partial charge on any atom is 0.248 e. The monoisotopic (exact) mass is 455 g/mol. The van der Waals surface area contributed by atoms with Crippen LogP contribution in [0.2, 0.25) is 0 Å². The smallest absolute Gasteiger partial charge is 0.248 e. The quantitative estimate of drug-likeness (QED) is 0.300. The predicted octanol–water partition coefficient (Wildman–Crippen LogP) is 7.17. The maximum absolute atomic E-state index is 12.8. The number of hydrogen-bond donors (Lipinski definition) is 1. The van der Waals surface area contributed by atoms with Gasteiger partial charge in [0.15, 0.2) is 0 Å². The number of ether oxygens (including phenoxy) is 2. The number of allylic oxidation sites excluding steroid dienone is 1. The minimum atomic E-state index is -0.188. The van der Waals surface area contributed by atoms with E-state index in [1.165, 1.54) is 0 Å². The highest BCUT2D eigenvalue weighted by Crippen LogP contribution is 2.37. The number of carbonyl (C=O) groups is 1. The molecule has 0 aliphatic carbocycles. The predicted molar refractivity (Wildman–Crippen MR) is 138 cm³/mol. The highest BCUT2D eigenvalue weighted by atomic mass is 16.5. The molecule has 0 bridgehead atoms. The van der Waals surface area contributed by atoms with Gasteiger partial charge in [-0.1, -0.05) is 24.3 Å². The van der Waals surface area contributed by atoms with Gasteiger partial charge < -0.3 is 19.2 Å². The van der Waals surface area contributed by atoms with Gasteiger partial charge in [0, 0.05) is 34.3 Å². The van der Waals surface area contributed by atoms with Crippen molar-refractivity contribution in [3.63, 3.8) is 0 Å². The molecule has 3 aromatic carbocycles. The Morgan fingerprint density at radius 3 is 2.53 bits per heavy atom. The standard InChI is InChI=1S/C29H29NO4/c1-6-33-22-11-9-21(10-12-22)25-17-34-28-16-27(32-5)23(15-24(25)28)20(4)14-29(31)30-26-13-18(2)7-8-19(26)3/h7-17H,6H2,1-5H3,(H,30,31)/b20-14+. The second-order valence-electron chi connectivity index (χ2n) is 8.29. The molecule has 1 aromatic heterocycles. The highest BCUT2D eigenvalue weighted by Gasteiger charge is 2.15. The minimum absolute atomic E-state index is 0.188. The Morgan fingerprint density at radius 1 is 1.06 bits per heavy atom. The van der Waals surface area contributed by atoms with Crippen molar-refractivity contribution in [1.82, 2.24) is 0 Å². The fourth-order valence-electron chi connectivity index (χ4n) is 3.97. The summed E-state index contributed by atoms with van der Waals surface area (Å²) in [6.45, 7) is 8.47. The van der Waals surface area contributed by atoms with Crippen LogP contribution in [0.3, 0.4) is 0 Å². The molecule has 1 amide bonds. The lowest BCUT2D eigenvalue weighted by Crippen LogP contribution is -2.10. The number of fused-ring (bicyclic) bond motifs is 1. The molecule has 4 rings (SSSR count). The van der Waals surface area contributed by atoms with Crippen LogP contribution in [0.15, 0.2) is 71.4 Å². The molecule has 34 heavy (non-hydrogen) atoms. The molecule has 5 heteroatoms. The van der Waals surface area contributed by atoms with Crippen molar-refractivity contribution in [3.05, 3.63) is 83.6 Å². The Hall–Kier alpha value is -3.99. The molecule has 0 spiro atoms. The molecule has 1 N–H and O–H groups in total. The van der Waals surface area contributed by atoms with Gasteiger partial charge in [0.05, 0.1) is 20.0 Å². The summed E-state index contributed by atoms with van der Waals surface area (Å²) in [6, 6.07) is 17.8. The number of methoxy groups -OCH3 is 1. The zero-order valence-corrected chi connectivity index (χ0v) is 20.2. The SMILES string of the molecule is CCOc1ccc(-c2coc3cc(OC)c(/C(C)=C/C(=O)Nc4cc(C)ccc4C)cc23)cc1. The summed E-state index contributed by atoms with van der Waals surface area (Å²) in [4.78, 5) is 12.8. The van der Waals surface area contributed by atoms with Gasteiger partial charge in [0.25, 0.3) is 0 Å². The van der Waals surface area contributed by atoms with Crippen LogP contribution in [-0.2, 0) is 4.79 Å². The molecule has 0 atom stereocenters. The summed E-state index contributed by atoms with van der Waals surface area (Å²) < 4.78 is 17.0. The summed E-state index contributed by atoms with van der Waals surface area (Å²) in [6.07, 6.45) is 3.35. The third kappa shape index (κ3) is 4.84. The van der Waals surface area contributed by atoms with Gasteiger partial charge in [-0.15, -0.1) is 0 Å². The minimum Gasteiger partial charge on any atom is -0.496 e. The van der Waals surface area contributed by atoms with Crippen LogP contribution >= 0.6 is 0 Å². The molecule has 174 valence electrons. The topological polar surface area (TPSA) is 60.7 Å². The number of carbonyl (C=O) groups excluding carboxylic acids is 1. The molecule has 0 saturated heterocycles. The zero-order valence-electron chi connectivity index (χ0n) is 20.2. The Balaban J connectivity index is 1.68. The van der Waals surface area contributed by atoms with Crippen molar-refractivity contribution in [2.45, 2.75) is 27.7 Å². The molecule has 1 heterocycles. The number of nitrogens with one attached hydrogen (secondary N) is 1. The molecule has 4 aromatic rings. The first-order valence-corrected chi connectivity index (χ1v) is 11.3. The molecular weight excluding hydrogens is 426 g/mol. The molecule has 0 saturated carbocycles. The Morgan fingerprint density at radius 2 is 1.82 bits per heavy atom. The Bertz CT molecular complexity index is 1360. The molecular formula is C29H29NO4. The van der Waals surface area contributed by atoms with E-state index in [1.54, 1.807) is 19.4 Å². The second-order valence-corrected chi connectivity index (χ2v) is 8.29. The van der Waals surface area contributed by atoms with Crippen LogP contribution in [-0.4, -0.2) is 19.6 Å². The third-order valence-electron chi connectivity index (χ3n) is 5.80. The van der Waals surface area contributed by atoms with E-state index in [0.29, 0.717) is 12.4 Å². The van der Waals surface area contributed by atoms with Gasteiger partial charge >= 0.3 is 0 Å². The van der Waals surface area contributed by atoms with Gasteiger partial charge in [-0.05, 0) is 74.2 Å². The summed E-state index contributed by atoms with van der Waals surface area (Å²) in [7, 11) is 1.62. The van der Waals surface area contributed by atoms with Crippen molar-refractivity contribution in [1.29, 1.82) is 0 Å². The van der Waals surface area contributed by atoms with Crippen molar-refractivity contribution < 1.29 is 18.7 Å². The summed E-state index contributed by atoms with van der Waals surface area (Å²) in [5.74, 6) is 1.29. The van der Waals surface area contributed by atoms with E-state index in [0.717, 1.165) is 55.8 Å². The number of aryl methyl sites for hydroxylation is 2. The fourth-order valence-corrected chi connectivity index (χ4v) is 3.97. The normalized spacial score (nSPS) is 11.5. The van der Waals surface area contributed by atoms with Crippen LogP contribution in [0, 0.1) is 13.8 Å². The molecule has 0 unspecified atom stereocenters. The summed E-state index contributed by atoms with van der Waals surface area (Å²) in [5.41, 5.74) is 7.25. The van der Waals surface area contributed by atoms with E-state index < -0.39 is 0 Å². The summed E-state index contributed by atoms with van der Waals surface area (Å²) >= 11 is 0. The number of amides is 1. The second kappa shape index (κ2) is 9.87. The lowest BCUT2D eigenvalue weighted by Gasteiger charge is -2.11. The lowest BCUT2D eigenvalue weighted by molar-refractivity contribution is -0.111. The Labute approximate surface area is 200 Å². The van der Waals surface area contributed by atoms with Crippen LogP contribution in [0.4, 0.5) is 5.69 Å². The fraction of sp³-hybridized carbons (Fsp3) is 0.207. The highest BCUT2D eigenvalue weighted by molar-refractivity contribution is 6.05. The first-order valence-electron chi connectivity index (χ1n) is 11.3.